The third-order valence-electron chi connectivity index (χ3n) is 5.27. The number of hydrogen-bond donors (Lipinski definition) is 1. The number of nitrogens with zero attached hydrogens (tertiary/aromatic N) is 2. The summed E-state index contributed by atoms with van der Waals surface area (Å²) in [6.07, 6.45) is 2.34. The molecule has 2 fully saturated rings. The lowest BCUT2D eigenvalue weighted by molar-refractivity contribution is 0.0232. The van der Waals surface area contributed by atoms with Crippen LogP contribution in [0.2, 0.25) is 0 Å². The Morgan fingerprint density at radius 2 is 2.00 bits per heavy atom. The largest absolute Gasteiger partial charge is 0.388 e. The van der Waals surface area contributed by atoms with Crippen LogP contribution in [0.1, 0.15) is 38.4 Å². The van der Waals surface area contributed by atoms with Crippen LogP contribution >= 0.6 is 0 Å². The Morgan fingerprint density at radius 3 is 2.76 bits per heavy atom. The first-order valence-electron chi connectivity index (χ1n) is 8.36. The molecule has 0 aromatic heterocycles. The van der Waals surface area contributed by atoms with Crippen LogP contribution in [0.15, 0.2) is 30.3 Å². The summed E-state index contributed by atoms with van der Waals surface area (Å²) in [4.78, 5) is 5.24. The fourth-order valence-corrected chi connectivity index (χ4v) is 3.95. The van der Waals surface area contributed by atoms with Crippen molar-refractivity contribution in [3.63, 3.8) is 0 Å². The quantitative estimate of drug-likeness (QED) is 0.922. The van der Waals surface area contributed by atoms with E-state index in [1.807, 2.05) is 30.3 Å². The summed E-state index contributed by atoms with van der Waals surface area (Å²) in [5, 5.41) is 10.6. The molecule has 1 aromatic rings. The van der Waals surface area contributed by atoms with Gasteiger partial charge in [-0.15, -0.1) is 0 Å². The third kappa shape index (κ3) is 3.31. The molecule has 0 aliphatic carbocycles. The minimum atomic E-state index is -0.361. The molecule has 0 bridgehead atoms. The molecule has 4 unspecified atom stereocenters. The maximum Gasteiger partial charge on any atom is 0.0827 e. The second-order valence-corrected chi connectivity index (χ2v) is 6.93. The second kappa shape index (κ2) is 6.47. The Balaban J connectivity index is 1.60. The van der Waals surface area contributed by atoms with E-state index in [4.69, 9.17) is 0 Å². The van der Waals surface area contributed by atoms with Crippen molar-refractivity contribution in [3.05, 3.63) is 35.9 Å². The molecule has 21 heavy (non-hydrogen) atoms. The molecule has 2 saturated heterocycles. The average molecular weight is 288 g/mol. The number of piperazine rings is 1. The maximum atomic E-state index is 10.6. The van der Waals surface area contributed by atoms with E-state index < -0.39 is 0 Å². The summed E-state index contributed by atoms with van der Waals surface area (Å²) in [6.45, 7) is 9.14. The highest BCUT2D eigenvalue weighted by atomic mass is 16.3. The van der Waals surface area contributed by atoms with Gasteiger partial charge in [0.15, 0.2) is 0 Å². The van der Waals surface area contributed by atoms with Gasteiger partial charge in [-0.05, 0) is 37.8 Å². The van der Waals surface area contributed by atoms with Crippen LogP contribution in [-0.2, 0) is 0 Å². The van der Waals surface area contributed by atoms with Gasteiger partial charge in [-0.1, -0.05) is 37.3 Å². The van der Waals surface area contributed by atoms with Crippen molar-refractivity contribution in [1.29, 1.82) is 0 Å². The normalized spacial score (nSPS) is 30.0. The van der Waals surface area contributed by atoms with Gasteiger partial charge in [-0.3, -0.25) is 9.80 Å². The summed E-state index contributed by atoms with van der Waals surface area (Å²) in [5.74, 6) is 0.266. The Labute approximate surface area is 128 Å². The highest BCUT2D eigenvalue weighted by Crippen LogP contribution is 2.28. The van der Waals surface area contributed by atoms with Crippen molar-refractivity contribution in [2.45, 2.75) is 44.9 Å². The molecule has 3 heteroatoms. The average Bonchev–Trinajstić information content (AvgIpc) is 2.94. The van der Waals surface area contributed by atoms with Crippen LogP contribution in [0.25, 0.3) is 0 Å². The molecule has 2 aliphatic heterocycles. The number of aliphatic hydroxyl groups excluding tert-OH is 1. The van der Waals surface area contributed by atoms with Gasteiger partial charge in [0.25, 0.3) is 0 Å². The fraction of sp³-hybridized carbons (Fsp3) is 0.667. The smallest absolute Gasteiger partial charge is 0.0827 e. The molecule has 116 valence electrons. The molecular weight excluding hydrogens is 260 g/mol. The number of aliphatic hydroxyl groups is 1. The Kier molecular flexibility index (Phi) is 4.63. The molecular formula is C18H28N2O. The first kappa shape index (κ1) is 15.0. The predicted octanol–water partition coefficient (Wildman–Crippen LogP) is 2.52. The van der Waals surface area contributed by atoms with E-state index in [2.05, 4.69) is 23.6 Å². The van der Waals surface area contributed by atoms with Gasteiger partial charge in [0.1, 0.15) is 0 Å². The van der Waals surface area contributed by atoms with Crippen LogP contribution < -0.4 is 0 Å². The van der Waals surface area contributed by atoms with E-state index in [0.717, 1.165) is 18.2 Å². The number of rotatable bonds is 4. The molecule has 0 amide bonds. The van der Waals surface area contributed by atoms with E-state index in [1.54, 1.807) is 0 Å². The highest BCUT2D eigenvalue weighted by Gasteiger charge is 2.35. The summed E-state index contributed by atoms with van der Waals surface area (Å²) in [6, 6.07) is 11.4. The molecule has 1 aromatic carbocycles. The monoisotopic (exact) mass is 288 g/mol. The summed E-state index contributed by atoms with van der Waals surface area (Å²) < 4.78 is 0. The molecule has 2 heterocycles. The molecule has 0 radical (unpaired) electrons. The lowest BCUT2D eigenvalue weighted by atomic mass is 9.95. The SMILES string of the molecule is CC(CN1CC2CCCN2CC1C)C(O)c1ccccc1. The van der Waals surface area contributed by atoms with Crippen molar-refractivity contribution in [1.82, 2.24) is 9.80 Å². The summed E-state index contributed by atoms with van der Waals surface area (Å²) in [7, 11) is 0. The number of benzene rings is 1. The van der Waals surface area contributed by atoms with Crippen LogP contribution in [0.5, 0.6) is 0 Å². The van der Waals surface area contributed by atoms with Crippen LogP contribution in [0.3, 0.4) is 0 Å². The molecule has 0 spiro atoms. The Hall–Kier alpha value is -0.900. The van der Waals surface area contributed by atoms with Crippen LogP contribution in [-0.4, -0.2) is 53.2 Å². The Bertz CT molecular complexity index is 450. The van der Waals surface area contributed by atoms with Crippen molar-refractivity contribution < 1.29 is 5.11 Å². The highest BCUT2D eigenvalue weighted by molar-refractivity contribution is 5.17. The van der Waals surface area contributed by atoms with E-state index >= 15 is 0 Å². The standard InChI is InChI=1S/C18H28N2O/c1-14(18(21)16-7-4-3-5-8-16)11-20-13-17-9-6-10-19(17)12-15(20)2/h3-5,7-8,14-15,17-18,21H,6,9-13H2,1-2H3. The van der Waals surface area contributed by atoms with Crippen molar-refractivity contribution >= 4 is 0 Å². The molecule has 1 N–H and O–H groups in total. The number of hydrogen-bond acceptors (Lipinski definition) is 3. The van der Waals surface area contributed by atoms with E-state index in [1.165, 1.54) is 32.5 Å². The zero-order valence-corrected chi connectivity index (χ0v) is 13.3. The zero-order chi connectivity index (χ0) is 14.8. The lowest BCUT2D eigenvalue weighted by Gasteiger charge is -2.43. The molecule has 3 rings (SSSR count). The lowest BCUT2D eigenvalue weighted by Crippen LogP contribution is -2.55. The Morgan fingerprint density at radius 1 is 1.24 bits per heavy atom. The van der Waals surface area contributed by atoms with Gasteiger partial charge >= 0.3 is 0 Å². The van der Waals surface area contributed by atoms with Crippen molar-refractivity contribution in [2.75, 3.05) is 26.2 Å². The van der Waals surface area contributed by atoms with Gasteiger partial charge < -0.3 is 5.11 Å². The van der Waals surface area contributed by atoms with Crippen molar-refractivity contribution in [2.24, 2.45) is 5.92 Å². The second-order valence-electron chi connectivity index (χ2n) is 6.93. The van der Waals surface area contributed by atoms with E-state index in [0.29, 0.717) is 6.04 Å². The predicted molar refractivity (Wildman–Crippen MR) is 86.2 cm³/mol. The molecule has 3 nitrogen and oxygen atoms in total. The maximum absolute atomic E-state index is 10.6. The van der Waals surface area contributed by atoms with Gasteiger partial charge in [0.2, 0.25) is 0 Å². The van der Waals surface area contributed by atoms with Gasteiger partial charge in [0, 0.05) is 31.7 Å². The zero-order valence-electron chi connectivity index (χ0n) is 13.3. The van der Waals surface area contributed by atoms with Gasteiger partial charge in [0.05, 0.1) is 6.10 Å². The summed E-state index contributed by atoms with van der Waals surface area (Å²) >= 11 is 0. The van der Waals surface area contributed by atoms with Gasteiger partial charge in [-0.25, -0.2) is 0 Å². The first-order valence-corrected chi connectivity index (χ1v) is 8.36. The van der Waals surface area contributed by atoms with Crippen LogP contribution in [0.4, 0.5) is 0 Å². The molecule has 0 saturated carbocycles. The third-order valence-corrected chi connectivity index (χ3v) is 5.27. The summed E-state index contributed by atoms with van der Waals surface area (Å²) in [5.41, 5.74) is 1.04. The van der Waals surface area contributed by atoms with E-state index in [9.17, 15) is 5.11 Å². The van der Waals surface area contributed by atoms with Gasteiger partial charge in [-0.2, -0.15) is 0 Å². The minimum absolute atomic E-state index is 0.266. The fourth-order valence-electron chi connectivity index (χ4n) is 3.95. The van der Waals surface area contributed by atoms with Crippen molar-refractivity contribution in [3.8, 4) is 0 Å². The molecule has 4 atom stereocenters. The number of fused-ring (bicyclic) bond motifs is 1. The molecule has 2 aliphatic rings. The minimum Gasteiger partial charge on any atom is -0.388 e. The first-order chi connectivity index (χ1) is 10.1. The van der Waals surface area contributed by atoms with Crippen LogP contribution in [0, 0.1) is 5.92 Å². The van der Waals surface area contributed by atoms with E-state index in [-0.39, 0.29) is 12.0 Å². The topological polar surface area (TPSA) is 26.7 Å².